The Morgan fingerprint density at radius 3 is 3.11 bits per heavy atom. The van der Waals surface area contributed by atoms with E-state index in [2.05, 4.69) is 22.5 Å². The normalized spacial score (nSPS) is 23.7. The van der Waals surface area contributed by atoms with E-state index in [0.29, 0.717) is 11.9 Å². The fraction of sp³-hybridized carbons (Fsp3) is 0.545. The summed E-state index contributed by atoms with van der Waals surface area (Å²) in [7, 11) is 0. The lowest BCUT2D eigenvalue weighted by molar-refractivity contribution is -0.384. The van der Waals surface area contributed by atoms with Crippen molar-refractivity contribution in [2.75, 3.05) is 11.9 Å². The van der Waals surface area contributed by atoms with Gasteiger partial charge in [-0.1, -0.05) is 11.6 Å². The van der Waals surface area contributed by atoms with Crippen molar-refractivity contribution in [1.82, 2.24) is 10.3 Å². The fourth-order valence-corrected chi connectivity index (χ4v) is 2.29. The van der Waals surface area contributed by atoms with Crippen molar-refractivity contribution < 1.29 is 4.92 Å². The molecule has 0 spiro atoms. The van der Waals surface area contributed by atoms with Crippen LogP contribution in [0.25, 0.3) is 0 Å². The number of hydrogen-bond acceptors (Lipinski definition) is 5. The quantitative estimate of drug-likeness (QED) is 0.650. The Bertz CT molecular complexity index is 455. The van der Waals surface area contributed by atoms with Gasteiger partial charge in [0.05, 0.1) is 9.95 Å². The van der Waals surface area contributed by atoms with Gasteiger partial charge < -0.3 is 10.6 Å². The standard InChI is InChI=1S/C11H15ClN4O2/c1-7-4-9(2-3-13-7)15-11-10(16(17)18)5-8(12)6-14-11/h5-7,9,13H,2-4H2,1H3,(H,14,15). The highest BCUT2D eigenvalue weighted by atomic mass is 35.5. The lowest BCUT2D eigenvalue weighted by Gasteiger charge is -2.28. The van der Waals surface area contributed by atoms with E-state index in [9.17, 15) is 10.1 Å². The average molecular weight is 271 g/mol. The SMILES string of the molecule is CC1CC(Nc2ncc(Cl)cc2[N+](=O)[O-])CCN1. The molecular weight excluding hydrogens is 256 g/mol. The van der Waals surface area contributed by atoms with E-state index in [-0.39, 0.29) is 16.8 Å². The summed E-state index contributed by atoms with van der Waals surface area (Å²) in [5.74, 6) is 0.295. The molecule has 0 saturated carbocycles. The van der Waals surface area contributed by atoms with Crippen LogP contribution < -0.4 is 10.6 Å². The van der Waals surface area contributed by atoms with Crippen molar-refractivity contribution >= 4 is 23.1 Å². The van der Waals surface area contributed by atoms with Gasteiger partial charge in [-0.3, -0.25) is 10.1 Å². The third kappa shape index (κ3) is 3.08. The minimum Gasteiger partial charge on any atom is -0.362 e. The zero-order chi connectivity index (χ0) is 13.1. The molecule has 1 aliphatic rings. The summed E-state index contributed by atoms with van der Waals surface area (Å²) in [5.41, 5.74) is -0.0753. The van der Waals surface area contributed by atoms with Crippen LogP contribution in [-0.2, 0) is 0 Å². The molecule has 0 aromatic carbocycles. The predicted octanol–water partition coefficient (Wildman–Crippen LogP) is 2.20. The minimum atomic E-state index is -0.467. The van der Waals surface area contributed by atoms with Crippen LogP contribution in [0.15, 0.2) is 12.3 Å². The molecule has 2 rings (SSSR count). The second-order valence-electron chi connectivity index (χ2n) is 4.50. The predicted molar refractivity (Wildman–Crippen MR) is 70.0 cm³/mol. The van der Waals surface area contributed by atoms with Crippen molar-refractivity contribution in [1.29, 1.82) is 0 Å². The molecule has 1 aromatic rings. The Labute approximate surface area is 110 Å². The molecule has 0 bridgehead atoms. The van der Waals surface area contributed by atoms with E-state index < -0.39 is 4.92 Å². The third-order valence-electron chi connectivity index (χ3n) is 3.00. The Balaban J connectivity index is 2.15. The van der Waals surface area contributed by atoms with Crippen molar-refractivity contribution in [2.45, 2.75) is 31.8 Å². The summed E-state index contributed by atoms with van der Waals surface area (Å²) < 4.78 is 0. The van der Waals surface area contributed by atoms with Crippen molar-refractivity contribution in [2.24, 2.45) is 0 Å². The molecule has 0 aliphatic carbocycles. The number of aromatic nitrogens is 1. The van der Waals surface area contributed by atoms with Gasteiger partial charge in [0.2, 0.25) is 5.82 Å². The van der Waals surface area contributed by atoms with Gasteiger partial charge >= 0.3 is 5.69 Å². The van der Waals surface area contributed by atoms with E-state index in [1.165, 1.54) is 12.3 Å². The monoisotopic (exact) mass is 270 g/mol. The van der Waals surface area contributed by atoms with Crippen molar-refractivity contribution in [3.63, 3.8) is 0 Å². The zero-order valence-corrected chi connectivity index (χ0v) is 10.8. The number of nitro groups is 1. The lowest BCUT2D eigenvalue weighted by atomic mass is 10.0. The maximum Gasteiger partial charge on any atom is 0.312 e. The summed E-state index contributed by atoms with van der Waals surface area (Å²) >= 11 is 5.72. The Kier molecular flexibility index (Phi) is 3.98. The molecule has 7 heteroatoms. The number of nitrogens with zero attached hydrogens (tertiary/aromatic N) is 2. The summed E-state index contributed by atoms with van der Waals surface area (Å²) in [6.45, 7) is 3.00. The van der Waals surface area contributed by atoms with Crippen molar-refractivity contribution in [3.8, 4) is 0 Å². The van der Waals surface area contributed by atoms with Gasteiger partial charge in [-0.25, -0.2) is 4.98 Å². The van der Waals surface area contributed by atoms with Crippen LogP contribution in [0.4, 0.5) is 11.5 Å². The first-order valence-corrected chi connectivity index (χ1v) is 6.24. The summed E-state index contributed by atoms with van der Waals surface area (Å²) in [5, 5.41) is 17.7. The highest BCUT2D eigenvalue weighted by Crippen LogP contribution is 2.26. The van der Waals surface area contributed by atoms with Crippen LogP contribution in [0.3, 0.4) is 0 Å². The molecule has 2 N–H and O–H groups in total. The second kappa shape index (κ2) is 5.49. The minimum absolute atomic E-state index is 0.0753. The van der Waals surface area contributed by atoms with E-state index in [4.69, 9.17) is 11.6 Å². The molecule has 1 aromatic heterocycles. The summed E-state index contributed by atoms with van der Waals surface area (Å²) in [6.07, 6.45) is 3.26. The molecule has 1 fully saturated rings. The largest absolute Gasteiger partial charge is 0.362 e. The van der Waals surface area contributed by atoms with Gasteiger partial charge in [-0.2, -0.15) is 0 Å². The van der Waals surface area contributed by atoms with E-state index in [1.54, 1.807) is 0 Å². The van der Waals surface area contributed by atoms with Crippen LogP contribution in [0.1, 0.15) is 19.8 Å². The molecule has 0 radical (unpaired) electrons. The van der Waals surface area contributed by atoms with Gasteiger partial charge in [0.25, 0.3) is 0 Å². The number of pyridine rings is 1. The number of piperidine rings is 1. The molecule has 0 amide bonds. The molecule has 1 aliphatic heterocycles. The van der Waals surface area contributed by atoms with Crippen LogP contribution in [0.5, 0.6) is 0 Å². The molecular formula is C11H15ClN4O2. The highest BCUT2D eigenvalue weighted by molar-refractivity contribution is 6.30. The number of nitrogens with one attached hydrogen (secondary N) is 2. The van der Waals surface area contributed by atoms with Crippen molar-refractivity contribution in [3.05, 3.63) is 27.4 Å². The molecule has 98 valence electrons. The highest BCUT2D eigenvalue weighted by Gasteiger charge is 2.22. The summed E-state index contributed by atoms with van der Waals surface area (Å²) in [4.78, 5) is 14.5. The van der Waals surface area contributed by atoms with Crippen LogP contribution in [0, 0.1) is 10.1 Å². The van der Waals surface area contributed by atoms with Gasteiger partial charge in [-0.05, 0) is 26.3 Å². The van der Waals surface area contributed by atoms with Gasteiger partial charge in [0.15, 0.2) is 0 Å². The van der Waals surface area contributed by atoms with E-state index >= 15 is 0 Å². The van der Waals surface area contributed by atoms with Crippen LogP contribution in [-0.4, -0.2) is 28.5 Å². The van der Waals surface area contributed by atoms with Crippen LogP contribution in [0.2, 0.25) is 5.02 Å². The first-order chi connectivity index (χ1) is 8.56. The topological polar surface area (TPSA) is 80.1 Å². The maximum absolute atomic E-state index is 10.9. The molecule has 18 heavy (non-hydrogen) atoms. The second-order valence-corrected chi connectivity index (χ2v) is 4.94. The Morgan fingerprint density at radius 2 is 2.44 bits per heavy atom. The first-order valence-electron chi connectivity index (χ1n) is 5.86. The first kappa shape index (κ1) is 13.0. The summed E-state index contributed by atoms with van der Waals surface area (Å²) in [6, 6.07) is 1.93. The molecule has 2 atom stereocenters. The average Bonchev–Trinajstić information content (AvgIpc) is 2.31. The van der Waals surface area contributed by atoms with Gasteiger partial charge in [0, 0.05) is 24.3 Å². The Morgan fingerprint density at radius 1 is 1.67 bits per heavy atom. The van der Waals surface area contributed by atoms with Gasteiger partial charge in [0.1, 0.15) is 0 Å². The van der Waals surface area contributed by atoms with Gasteiger partial charge in [-0.15, -0.1) is 0 Å². The van der Waals surface area contributed by atoms with E-state index in [1.807, 2.05) is 0 Å². The lowest BCUT2D eigenvalue weighted by Crippen LogP contribution is -2.41. The number of hydrogen-bond donors (Lipinski definition) is 2. The maximum atomic E-state index is 10.9. The smallest absolute Gasteiger partial charge is 0.312 e. The molecule has 2 heterocycles. The number of anilines is 1. The molecule has 2 unspecified atom stereocenters. The molecule has 6 nitrogen and oxygen atoms in total. The molecule has 1 saturated heterocycles. The number of halogens is 1. The zero-order valence-electron chi connectivity index (χ0n) is 10.0. The van der Waals surface area contributed by atoms with E-state index in [0.717, 1.165) is 19.4 Å². The third-order valence-corrected chi connectivity index (χ3v) is 3.20. The van der Waals surface area contributed by atoms with Crippen LogP contribution >= 0.6 is 11.6 Å². The fourth-order valence-electron chi connectivity index (χ4n) is 2.14. The number of rotatable bonds is 3. The Hall–Kier alpha value is -1.40.